The molecule has 1 heterocycles. The van der Waals surface area contributed by atoms with E-state index in [9.17, 15) is 9.18 Å². The van der Waals surface area contributed by atoms with Crippen LogP contribution in [0, 0.1) is 5.82 Å². The minimum absolute atomic E-state index is 0. The third-order valence-corrected chi connectivity index (χ3v) is 2.99. The molecule has 2 atom stereocenters. The van der Waals surface area contributed by atoms with E-state index in [4.69, 9.17) is 10.5 Å². The third-order valence-electron chi connectivity index (χ3n) is 2.99. The Bertz CT molecular complexity index is 442. The topological polar surface area (TPSA) is 55.6 Å². The van der Waals surface area contributed by atoms with Gasteiger partial charge in [-0.05, 0) is 24.6 Å². The number of hydrogen-bond donors (Lipinski definition) is 1. The molecule has 0 aliphatic carbocycles. The summed E-state index contributed by atoms with van der Waals surface area (Å²) in [5.41, 5.74) is 6.33. The van der Waals surface area contributed by atoms with Gasteiger partial charge in [0.15, 0.2) is 0 Å². The van der Waals surface area contributed by atoms with Gasteiger partial charge < -0.3 is 15.4 Å². The molecule has 1 unspecified atom stereocenters. The molecular weight excluding hydrogens is 271 g/mol. The fourth-order valence-electron chi connectivity index (χ4n) is 2.05. The third kappa shape index (κ3) is 3.89. The Hall–Kier alpha value is -1.17. The second-order valence-corrected chi connectivity index (χ2v) is 4.49. The second-order valence-electron chi connectivity index (χ2n) is 4.49. The first-order chi connectivity index (χ1) is 8.58. The zero-order valence-corrected chi connectivity index (χ0v) is 11.5. The summed E-state index contributed by atoms with van der Waals surface area (Å²) in [4.78, 5) is 13.5. The van der Waals surface area contributed by atoms with Crippen molar-refractivity contribution in [2.45, 2.75) is 19.1 Å². The average Bonchev–Trinajstić information content (AvgIpc) is 2.38. The van der Waals surface area contributed by atoms with E-state index in [2.05, 4.69) is 0 Å². The van der Waals surface area contributed by atoms with Crippen LogP contribution in [-0.4, -0.2) is 36.5 Å². The summed E-state index contributed by atoms with van der Waals surface area (Å²) in [6, 6.07) is 5.74. The van der Waals surface area contributed by atoms with Crippen molar-refractivity contribution in [3.05, 3.63) is 35.6 Å². The highest BCUT2D eigenvalue weighted by atomic mass is 35.5. The van der Waals surface area contributed by atoms with Crippen molar-refractivity contribution in [1.82, 2.24) is 4.90 Å². The van der Waals surface area contributed by atoms with Crippen LogP contribution in [0.3, 0.4) is 0 Å². The first-order valence-corrected chi connectivity index (χ1v) is 5.99. The number of carbonyl (C=O) groups excluding carboxylic acids is 1. The van der Waals surface area contributed by atoms with Gasteiger partial charge in [-0.1, -0.05) is 12.1 Å². The number of nitrogens with zero attached hydrogens (tertiary/aromatic N) is 1. The van der Waals surface area contributed by atoms with Crippen LogP contribution in [0.1, 0.15) is 18.6 Å². The van der Waals surface area contributed by atoms with Crippen molar-refractivity contribution in [1.29, 1.82) is 0 Å². The van der Waals surface area contributed by atoms with E-state index in [1.165, 1.54) is 12.1 Å². The zero-order valence-electron chi connectivity index (χ0n) is 10.7. The lowest BCUT2D eigenvalue weighted by Gasteiger charge is -2.34. The second kappa shape index (κ2) is 6.84. The molecule has 4 nitrogen and oxygen atoms in total. The number of carbonyl (C=O) groups is 1. The van der Waals surface area contributed by atoms with E-state index in [0.717, 1.165) is 5.56 Å². The van der Waals surface area contributed by atoms with Gasteiger partial charge >= 0.3 is 0 Å². The number of rotatable bonds is 2. The van der Waals surface area contributed by atoms with Gasteiger partial charge in [-0.25, -0.2) is 4.39 Å². The summed E-state index contributed by atoms with van der Waals surface area (Å²) in [6.07, 6.45) is -0.280. The zero-order chi connectivity index (χ0) is 13.1. The lowest BCUT2D eigenvalue weighted by atomic mass is 10.1. The summed E-state index contributed by atoms with van der Waals surface area (Å²) in [6.45, 7) is 3.06. The quantitative estimate of drug-likeness (QED) is 0.897. The van der Waals surface area contributed by atoms with Crippen LogP contribution in [-0.2, 0) is 9.53 Å². The molecule has 1 saturated heterocycles. The highest BCUT2D eigenvalue weighted by Gasteiger charge is 2.26. The van der Waals surface area contributed by atoms with Gasteiger partial charge in [0, 0.05) is 6.54 Å². The van der Waals surface area contributed by atoms with E-state index < -0.39 is 6.04 Å². The fourth-order valence-corrected chi connectivity index (χ4v) is 2.05. The van der Waals surface area contributed by atoms with Gasteiger partial charge in [0.2, 0.25) is 5.91 Å². The standard InChI is InChI=1S/C13H17FN2O2.ClH/c1-9(15)13(17)16-5-6-18-12(8-16)10-3-2-4-11(14)7-10;/h2-4,7,9,12H,5-6,8,15H2,1H3;1H/t9-,12?;/m1./s1. The molecule has 0 saturated carbocycles. The molecule has 2 N–H and O–H groups in total. The van der Waals surface area contributed by atoms with Gasteiger partial charge in [-0.15, -0.1) is 12.4 Å². The van der Waals surface area contributed by atoms with Crippen LogP contribution in [0.25, 0.3) is 0 Å². The predicted octanol–water partition coefficient (Wildman–Crippen LogP) is 1.49. The molecule has 0 bridgehead atoms. The Balaban J connectivity index is 0.00000180. The van der Waals surface area contributed by atoms with Gasteiger partial charge in [0.1, 0.15) is 11.9 Å². The average molecular weight is 289 g/mol. The first-order valence-electron chi connectivity index (χ1n) is 5.99. The molecule has 0 radical (unpaired) electrons. The maximum atomic E-state index is 13.1. The van der Waals surface area contributed by atoms with E-state index in [1.807, 2.05) is 0 Å². The normalized spacial score (nSPS) is 20.6. The van der Waals surface area contributed by atoms with Crippen LogP contribution in [0.5, 0.6) is 0 Å². The predicted molar refractivity (Wildman–Crippen MR) is 72.6 cm³/mol. The summed E-state index contributed by atoms with van der Waals surface area (Å²) >= 11 is 0. The first kappa shape index (κ1) is 15.9. The molecule has 1 aliphatic heterocycles. The molecule has 0 spiro atoms. The van der Waals surface area contributed by atoms with Crippen molar-refractivity contribution in [2.75, 3.05) is 19.7 Å². The largest absolute Gasteiger partial charge is 0.370 e. The molecule has 6 heteroatoms. The molecule has 1 aliphatic rings. The van der Waals surface area contributed by atoms with Gasteiger partial charge in [-0.2, -0.15) is 0 Å². The van der Waals surface area contributed by atoms with Crippen LogP contribution in [0.4, 0.5) is 4.39 Å². The van der Waals surface area contributed by atoms with E-state index >= 15 is 0 Å². The number of hydrogen-bond acceptors (Lipinski definition) is 3. The highest BCUT2D eigenvalue weighted by molar-refractivity contribution is 5.85. The molecular formula is C13H18ClFN2O2. The minimum Gasteiger partial charge on any atom is -0.370 e. The number of amides is 1. The van der Waals surface area contributed by atoms with Crippen LogP contribution in [0.2, 0.25) is 0 Å². The molecule has 1 amide bonds. The molecule has 2 rings (SSSR count). The van der Waals surface area contributed by atoms with Crippen molar-refractivity contribution in [3.63, 3.8) is 0 Å². The summed E-state index contributed by atoms with van der Waals surface area (Å²) in [5.74, 6) is -0.397. The Morgan fingerprint density at radius 1 is 1.58 bits per heavy atom. The van der Waals surface area contributed by atoms with Gasteiger partial charge in [-0.3, -0.25) is 4.79 Å². The van der Waals surface area contributed by atoms with Gasteiger partial charge in [0.25, 0.3) is 0 Å². The Labute approximate surface area is 118 Å². The fraction of sp³-hybridized carbons (Fsp3) is 0.462. The minimum atomic E-state index is -0.517. The number of benzene rings is 1. The Kier molecular flexibility index (Phi) is 5.72. The molecule has 1 aromatic rings. The number of halogens is 2. The molecule has 0 aromatic heterocycles. The number of morpholine rings is 1. The lowest BCUT2D eigenvalue weighted by Crippen LogP contribution is -2.48. The highest BCUT2D eigenvalue weighted by Crippen LogP contribution is 2.23. The molecule has 1 fully saturated rings. The summed E-state index contributed by atoms with van der Waals surface area (Å²) in [7, 11) is 0. The SMILES string of the molecule is C[C@@H](N)C(=O)N1CCOC(c2cccc(F)c2)C1.Cl. The Morgan fingerprint density at radius 3 is 2.95 bits per heavy atom. The number of ether oxygens (including phenoxy) is 1. The maximum absolute atomic E-state index is 13.1. The Morgan fingerprint density at radius 2 is 2.32 bits per heavy atom. The van der Waals surface area contributed by atoms with Crippen molar-refractivity contribution in [2.24, 2.45) is 5.73 Å². The van der Waals surface area contributed by atoms with Crippen LogP contribution < -0.4 is 5.73 Å². The van der Waals surface area contributed by atoms with Crippen molar-refractivity contribution >= 4 is 18.3 Å². The summed E-state index contributed by atoms with van der Waals surface area (Å²) < 4.78 is 18.7. The molecule has 106 valence electrons. The van der Waals surface area contributed by atoms with Crippen LogP contribution >= 0.6 is 12.4 Å². The lowest BCUT2D eigenvalue weighted by molar-refractivity contribution is -0.140. The molecule has 19 heavy (non-hydrogen) atoms. The van der Waals surface area contributed by atoms with Crippen molar-refractivity contribution < 1.29 is 13.9 Å². The monoisotopic (exact) mass is 288 g/mol. The summed E-state index contributed by atoms with van der Waals surface area (Å²) in [5, 5.41) is 0. The van der Waals surface area contributed by atoms with Gasteiger partial charge in [0.05, 0.1) is 19.2 Å². The van der Waals surface area contributed by atoms with E-state index in [0.29, 0.717) is 19.7 Å². The van der Waals surface area contributed by atoms with Crippen LogP contribution in [0.15, 0.2) is 24.3 Å². The number of nitrogens with two attached hydrogens (primary N) is 1. The van der Waals surface area contributed by atoms with Crippen molar-refractivity contribution in [3.8, 4) is 0 Å². The van der Waals surface area contributed by atoms with E-state index in [-0.39, 0.29) is 30.2 Å². The van der Waals surface area contributed by atoms with E-state index in [1.54, 1.807) is 24.0 Å². The maximum Gasteiger partial charge on any atom is 0.239 e. The smallest absolute Gasteiger partial charge is 0.239 e. The molecule has 1 aromatic carbocycles.